The van der Waals surface area contributed by atoms with Crippen molar-refractivity contribution in [3.05, 3.63) is 29.6 Å². The minimum absolute atomic E-state index is 0.357. The van der Waals surface area contributed by atoms with E-state index in [1.54, 1.807) is 0 Å². The standard InChI is InChI=1S/C11H16FNO/c1-2-3-4-11(14)9-7-8(12)5-6-10(9)13/h5-7,11,14H,2-4,13H2,1H3. The zero-order chi connectivity index (χ0) is 10.6. The van der Waals surface area contributed by atoms with Crippen LogP contribution in [0, 0.1) is 5.82 Å². The molecule has 0 saturated carbocycles. The van der Waals surface area contributed by atoms with E-state index in [4.69, 9.17) is 5.73 Å². The maximum atomic E-state index is 12.9. The Kier molecular flexibility index (Phi) is 3.89. The maximum Gasteiger partial charge on any atom is 0.123 e. The maximum absolute atomic E-state index is 12.9. The summed E-state index contributed by atoms with van der Waals surface area (Å²) in [6, 6.07) is 4.08. The molecule has 0 heterocycles. The van der Waals surface area contributed by atoms with Crippen LogP contribution in [-0.4, -0.2) is 5.11 Å². The highest BCUT2D eigenvalue weighted by Gasteiger charge is 2.11. The normalized spacial score (nSPS) is 12.8. The monoisotopic (exact) mass is 197 g/mol. The van der Waals surface area contributed by atoms with Crippen molar-refractivity contribution in [1.29, 1.82) is 0 Å². The highest BCUT2D eigenvalue weighted by atomic mass is 19.1. The lowest BCUT2D eigenvalue weighted by Gasteiger charge is -2.12. The number of rotatable bonds is 4. The fourth-order valence-electron chi connectivity index (χ4n) is 1.39. The van der Waals surface area contributed by atoms with Crippen molar-refractivity contribution < 1.29 is 9.50 Å². The van der Waals surface area contributed by atoms with Crippen molar-refractivity contribution in [2.75, 3.05) is 5.73 Å². The number of anilines is 1. The Bertz CT molecular complexity index is 301. The molecule has 1 unspecified atom stereocenters. The van der Waals surface area contributed by atoms with Crippen LogP contribution < -0.4 is 5.73 Å². The Balaban J connectivity index is 2.77. The zero-order valence-electron chi connectivity index (χ0n) is 8.33. The van der Waals surface area contributed by atoms with E-state index in [2.05, 4.69) is 0 Å². The third-order valence-electron chi connectivity index (χ3n) is 2.24. The van der Waals surface area contributed by atoms with Gasteiger partial charge in [-0.25, -0.2) is 4.39 Å². The fraction of sp³-hybridized carbons (Fsp3) is 0.455. The van der Waals surface area contributed by atoms with Crippen LogP contribution in [0.3, 0.4) is 0 Å². The first-order valence-electron chi connectivity index (χ1n) is 4.88. The smallest absolute Gasteiger partial charge is 0.123 e. The minimum Gasteiger partial charge on any atom is -0.398 e. The molecule has 3 N–H and O–H groups in total. The van der Waals surface area contributed by atoms with Crippen LogP contribution in [0.5, 0.6) is 0 Å². The molecule has 2 nitrogen and oxygen atoms in total. The largest absolute Gasteiger partial charge is 0.398 e. The molecule has 78 valence electrons. The van der Waals surface area contributed by atoms with Gasteiger partial charge in [0.15, 0.2) is 0 Å². The molecule has 0 aliphatic heterocycles. The molecular weight excluding hydrogens is 181 g/mol. The van der Waals surface area contributed by atoms with Crippen molar-refractivity contribution >= 4 is 5.69 Å². The van der Waals surface area contributed by atoms with Crippen LogP contribution in [0.2, 0.25) is 0 Å². The number of hydrogen-bond acceptors (Lipinski definition) is 2. The Morgan fingerprint density at radius 2 is 2.21 bits per heavy atom. The number of unbranched alkanes of at least 4 members (excludes halogenated alkanes) is 1. The summed E-state index contributed by atoms with van der Waals surface area (Å²) >= 11 is 0. The van der Waals surface area contributed by atoms with E-state index < -0.39 is 6.10 Å². The minimum atomic E-state index is -0.648. The molecule has 1 aromatic carbocycles. The van der Waals surface area contributed by atoms with Crippen LogP contribution >= 0.6 is 0 Å². The van der Waals surface area contributed by atoms with Gasteiger partial charge in [-0.1, -0.05) is 19.8 Å². The lowest BCUT2D eigenvalue weighted by atomic mass is 10.0. The second kappa shape index (κ2) is 4.96. The summed E-state index contributed by atoms with van der Waals surface area (Å²) in [6.07, 6.45) is 1.90. The average Bonchev–Trinajstić information content (AvgIpc) is 2.18. The van der Waals surface area contributed by atoms with Gasteiger partial charge in [-0.15, -0.1) is 0 Å². The number of nitrogen functional groups attached to an aromatic ring is 1. The van der Waals surface area contributed by atoms with Crippen molar-refractivity contribution in [2.24, 2.45) is 0 Å². The molecule has 0 aromatic heterocycles. The molecule has 14 heavy (non-hydrogen) atoms. The summed E-state index contributed by atoms with van der Waals surface area (Å²) in [5.74, 6) is -0.357. The van der Waals surface area contributed by atoms with E-state index in [0.29, 0.717) is 17.7 Å². The van der Waals surface area contributed by atoms with Crippen LogP contribution in [0.1, 0.15) is 37.9 Å². The van der Waals surface area contributed by atoms with Crippen LogP contribution in [0.4, 0.5) is 10.1 Å². The van der Waals surface area contributed by atoms with Crippen molar-refractivity contribution in [2.45, 2.75) is 32.3 Å². The molecule has 1 rings (SSSR count). The second-order valence-electron chi connectivity index (χ2n) is 3.43. The van der Waals surface area contributed by atoms with Gasteiger partial charge in [0.05, 0.1) is 6.10 Å². The van der Waals surface area contributed by atoms with E-state index in [9.17, 15) is 9.50 Å². The summed E-state index contributed by atoms with van der Waals surface area (Å²) in [5, 5.41) is 9.71. The van der Waals surface area contributed by atoms with Crippen molar-refractivity contribution in [3.63, 3.8) is 0 Å². The van der Waals surface area contributed by atoms with Gasteiger partial charge in [-0.2, -0.15) is 0 Å². The molecule has 0 aliphatic carbocycles. The second-order valence-corrected chi connectivity index (χ2v) is 3.43. The average molecular weight is 197 g/mol. The highest BCUT2D eigenvalue weighted by Crippen LogP contribution is 2.25. The van der Waals surface area contributed by atoms with Crippen LogP contribution in [0.25, 0.3) is 0 Å². The lowest BCUT2D eigenvalue weighted by molar-refractivity contribution is 0.164. The SMILES string of the molecule is CCCCC(O)c1cc(F)ccc1N. The van der Waals surface area contributed by atoms with Crippen LogP contribution in [-0.2, 0) is 0 Å². The Morgan fingerprint density at radius 1 is 1.50 bits per heavy atom. The number of benzene rings is 1. The van der Waals surface area contributed by atoms with Crippen molar-refractivity contribution in [1.82, 2.24) is 0 Å². The summed E-state index contributed by atoms with van der Waals surface area (Å²) in [7, 11) is 0. The molecule has 0 fully saturated rings. The van der Waals surface area contributed by atoms with Crippen LogP contribution in [0.15, 0.2) is 18.2 Å². The Morgan fingerprint density at radius 3 is 2.86 bits per heavy atom. The number of aliphatic hydroxyl groups is 1. The van der Waals surface area contributed by atoms with E-state index in [1.165, 1.54) is 18.2 Å². The first kappa shape index (κ1) is 11.0. The number of halogens is 1. The van der Waals surface area contributed by atoms with Gasteiger partial charge in [-0.3, -0.25) is 0 Å². The lowest BCUT2D eigenvalue weighted by Crippen LogP contribution is -2.02. The molecule has 0 amide bonds. The summed E-state index contributed by atoms with van der Waals surface area (Å²) in [6.45, 7) is 2.04. The predicted molar refractivity (Wildman–Crippen MR) is 55.3 cm³/mol. The zero-order valence-corrected chi connectivity index (χ0v) is 8.33. The Labute approximate surface area is 83.6 Å². The Hall–Kier alpha value is -1.09. The quantitative estimate of drug-likeness (QED) is 0.729. The number of hydrogen-bond donors (Lipinski definition) is 2. The molecule has 3 heteroatoms. The highest BCUT2D eigenvalue weighted by molar-refractivity contribution is 5.47. The van der Waals surface area contributed by atoms with Gasteiger partial charge >= 0.3 is 0 Å². The van der Waals surface area contributed by atoms with Gasteiger partial charge in [0, 0.05) is 11.3 Å². The molecular formula is C11H16FNO. The van der Waals surface area contributed by atoms with Gasteiger partial charge in [0.2, 0.25) is 0 Å². The number of nitrogens with two attached hydrogens (primary N) is 1. The van der Waals surface area contributed by atoms with Gasteiger partial charge in [-0.05, 0) is 24.6 Å². The first-order valence-corrected chi connectivity index (χ1v) is 4.88. The third kappa shape index (κ3) is 2.70. The molecule has 0 saturated heterocycles. The van der Waals surface area contributed by atoms with E-state index in [-0.39, 0.29) is 5.82 Å². The van der Waals surface area contributed by atoms with Crippen molar-refractivity contribution in [3.8, 4) is 0 Å². The predicted octanol–water partition coefficient (Wildman–Crippen LogP) is 2.63. The van der Waals surface area contributed by atoms with Gasteiger partial charge < -0.3 is 10.8 Å². The topological polar surface area (TPSA) is 46.2 Å². The molecule has 0 bridgehead atoms. The molecule has 0 aliphatic rings. The summed E-state index contributed by atoms with van der Waals surface area (Å²) in [5.41, 5.74) is 6.59. The third-order valence-corrected chi connectivity index (χ3v) is 2.24. The molecule has 0 spiro atoms. The summed E-state index contributed by atoms with van der Waals surface area (Å²) in [4.78, 5) is 0. The molecule has 1 atom stereocenters. The van der Waals surface area contributed by atoms with Gasteiger partial charge in [0.25, 0.3) is 0 Å². The first-order chi connectivity index (χ1) is 6.65. The van der Waals surface area contributed by atoms with E-state index in [0.717, 1.165) is 12.8 Å². The fourth-order valence-corrected chi connectivity index (χ4v) is 1.39. The number of aliphatic hydroxyl groups excluding tert-OH is 1. The molecule has 0 radical (unpaired) electrons. The van der Waals surface area contributed by atoms with E-state index >= 15 is 0 Å². The van der Waals surface area contributed by atoms with E-state index in [1.807, 2.05) is 6.92 Å². The molecule has 1 aromatic rings. The van der Waals surface area contributed by atoms with Gasteiger partial charge in [0.1, 0.15) is 5.82 Å². The summed E-state index contributed by atoms with van der Waals surface area (Å²) < 4.78 is 12.9.